The topological polar surface area (TPSA) is 193 Å². The summed E-state index contributed by atoms with van der Waals surface area (Å²) in [5.41, 5.74) is 4.46. The minimum atomic E-state index is -1.35. The predicted octanol–water partition coefficient (Wildman–Crippen LogP) is -3.03. The number of aromatic nitrogens is 3. The highest BCUT2D eigenvalue weighted by Gasteiger charge is 2.43. The molecular weight excluding hydrogens is 278 g/mol. The molecule has 0 unspecified atom stereocenters. The van der Waals surface area contributed by atoms with Crippen LogP contribution in [0, 0.1) is 4.91 Å². The summed E-state index contributed by atoms with van der Waals surface area (Å²) in [6.07, 6.45) is -3.67. The maximum absolute atomic E-state index is 11.5. The van der Waals surface area contributed by atoms with Crippen molar-refractivity contribution in [3.63, 3.8) is 0 Å². The third-order valence-electron chi connectivity index (χ3n) is 2.54. The fraction of sp³-hybridized carbons (Fsp3) is 0.625. The van der Waals surface area contributed by atoms with Gasteiger partial charge in [-0.3, -0.25) is 4.57 Å². The molecule has 2 rings (SSSR count). The number of nitrogens with zero attached hydrogens (tertiary/aromatic N) is 4. The largest absolute Gasteiger partial charge is 0.394 e. The van der Waals surface area contributed by atoms with Gasteiger partial charge in [-0.2, -0.15) is 4.98 Å². The molecule has 6 N–H and O–H groups in total. The van der Waals surface area contributed by atoms with E-state index in [1.54, 1.807) is 0 Å². The van der Waals surface area contributed by atoms with Gasteiger partial charge in [0.1, 0.15) is 24.6 Å². The molecular formula is C8H13N5O7. The standard InChI is InChI=1S/C8H12N4O5.HNO2/c9-7-10-2-12(8(16)11-7)6-5(15)4(14)3(1-13)17-6;2-1-3/h2-6,13-15H,1H2,(H2,9,11,16);(H,2,3)/t3-,4-,5-,6-;/m1./s1. The summed E-state index contributed by atoms with van der Waals surface area (Å²) >= 11 is 0. The Labute approximate surface area is 111 Å². The van der Waals surface area contributed by atoms with Crippen molar-refractivity contribution in [1.29, 1.82) is 0 Å². The smallest absolute Gasteiger partial charge is 0.354 e. The summed E-state index contributed by atoms with van der Waals surface area (Å²) < 4.78 is 6.04. The van der Waals surface area contributed by atoms with Crippen molar-refractivity contribution < 1.29 is 25.3 Å². The van der Waals surface area contributed by atoms with Crippen LogP contribution in [0.25, 0.3) is 0 Å². The zero-order valence-corrected chi connectivity index (χ0v) is 9.97. The van der Waals surface area contributed by atoms with E-state index in [0.29, 0.717) is 0 Å². The van der Waals surface area contributed by atoms with Crippen molar-refractivity contribution >= 4 is 5.95 Å². The van der Waals surface area contributed by atoms with Gasteiger partial charge in [0, 0.05) is 0 Å². The second-order valence-electron chi connectivity index (χ2n) is 3.71. The molecule has 1 aromatic rings. The van der Waals surface area contributed by atoms with Crippen molar-refractivity contribution in [3.8, 4) is 0 Å². The number of nitrogen functional groups attached to an aromatic ring is 1. The lowest BCUT2D eigenvalue weighted by Crippen LogP contribution is -2.36. The van der Waals surface area contributed by atoms with E-state index < -0.39 is 36.8 Å². The Balaban J connectivity index is 0.000000612. The molecule has 0 aliphatic carbocycles. The molecule has 1 saturated heterocycles. The summed E-state index contributed by atoms with van der Waals surface area (Å²) in [7, 11) is 0. The van der Waals surface area contributed by atoms with Crippen LogP contribution < -0.4 is 11.4 Å². The monoisotopic (exact) mass is 291 g/mol. The molecule has 0 spiro atoms. The van der Waals surface area contributed by atoms with Gasteiger partial charge in [-0.05, 0) is 0 Å². The average Bonchev–Trinajstić information content (AvgIpc) is 2.67. The Kier molecular flexibility index (Phi) is 5.45. The average molecular weight is 291 g/mol. The number of nitrogens with two attached hydrogens (primary N) is 1. The summed E-state index contributed by atoms with van der Waals surface area (Å²) in [6.45, 7) is -0.473. The molecule has 20 heavy (non-hydrogen) atoms. The number of rotatable bonds is 2. The first-order chi connectivity index (χ1) is 9.46. The molecule has 1 aliphatic rings. The Morgan fingerprint density at radius 2 is 2.05 bits per heavy atom. The number of aliphatic hydroxyl groups is 3. The van der Waals surface area contributed by atoms with Crippen molar-refractivity contribution in [1.82, 2.24) is 14.5 Å². The third kappa shape index (κ3) is 3.24. The molecule has 112 valence electrons. The van der Waals surface area contributed by atoms with Gasteiger partial charge in [-0.1, -0.05) is 0 Å². The van der Waals surface area contributed by atoms with E-state index in [9.17, 15) is 15.0 Å². The normalized spacial score (nSPS) is 28.6. The van der Waals surface area contributed by atoms with E-state index in [1.165, 1.54) is 5.34 Å². The van der Waals surface area contributed by atoms with E-state index in [4.69, 9.17) is 25.7 Å². The maximum Gasteiger partial charge on any atom is 0.354 e. The second kappa shape index (κ2) is 6.85. The van der Waals surface area contributed by atoms with Crippen LogP contribution in [0.4, 0.5) is 5.95 Å². The number of hydrogen-bond acceptors (Lipinski definition) is 10. The van der Waals surface area contributed by atoms with E-state index in [0.717, 1.165) is 10.9 Å². The van der Waals surface area contributed by atoms with Crippen LogP contribution in [0.15, 0.2) is 16.5 Å². The summed E-state index contributed by atoms with van der Waals surface area (Å²) in [6, 6.07) is 0. The van der Waals surface area contributed by atoms with E-state index >= 15 is 0 Å². The molecule has 12 nitrogen and oxygen atoms in total. The van der Waals surface area contributed by atoms with Crippen LogP contribution in [-0.4, -0.2) is 60.0 Å². The highest BCUT2D eigenvalue weighted by molar-refractivity contribution is 5.10. The first kappa shape index (κ1) is 15.9. The maximum atomic E-state index is 11.5. The summed E-state index contributed by atoms with van der Waals surface area (Å²) in [5, 5.41) is 36.0. The third-order valence-corrected chi connectivity index (χ3v) is 2.54. The number of anilines is 1. The van der Waals surface area contributed by atoms with E-state index in [2.05, 4.69) is 9.97 Å². The van der Waals surface area contributed by atoms with Gasteiger partial charge in [0.05, 0.1) is 6.61 Å². The van der Waals surface area contributed by atoms with Gasteiger partial charge in [0.25, 0.3) is 0 Å². The molecule has 0 aromatic carbocycles. The van der Waals surface area contributed by atoms with Gasteiger partial charge < -0.3 is 31.0 Å². The summed E-state index contributed by atoms with van der Waals surface area (Å²) in [4.78, 5) is 26.5. The Morgan fingerprint density at radius 1 is 1.45 bits per heavy atom. The lowest BCUT2D eigenvalue weighted by Gasteiger charge is -2.16. The zero-order chi connectivity index (χ0) is 15.3. The van der Waals surface area contributed by atoms with Gasteiger partial charge in [0.2, 0.25) is 5.95 Å². The highest BCUT2D eigenvalue weighted by atomic mass is 16.6. The zero-order valence-electron chi connectivity index (χ0n) is 9.97. The molecule has 12 heteroatoms. The molecule has 1 fully saturated rings. The van der Waals surface area contributed by atoms with Crippen LogP contribution in [0.5, 0.6) is 0 Å². The summed E-state index contributed by atoms with van der Waals surface area (Å²) in [5.74, 6) is -0.196. The lowest BCUT2D eigenvalue weighted by molar-refractivity contribution is -0.0554. The van der Waals surface area contributed by atoms with Crippen molar-refractivity contribution in [3.05, 3.63) is 21.7 Å². The van der Waals surface area contributed by atoms with Gasteiger partial charge in [0.15, 0.2) is 11.6 Å². The van der Waals surface area contributed by atoms with Crippen LogP contribution in [-0.2, 0) is 4.74 Å². The molecule has 0 radical (unpaired) electrons. The Hall–Kier alpha value is -2.15. The van der Waals surface area contributed by atoms with Crippen LogP contribution in [0.1, 0.15) is 6.23 Å². The van der Waals surface area contributed by atoms with Crippen molar-refractivity contribution in [2.45, 2.75) is 24.5 Å². The molecule has 1 aliphatic heterocycles. The van der Waals surface area contributed by atoms with Crippen molar-refractivity contribution in [2.75, 3.05) is 12.3 Å². The molecule has 0 bridgehead atoms. The Bertz CT molecular complexity index is 508. The highest BCUT2D eigenvalue weighted by Crippen LogP contribution is 2.27. The molecule has 4 atom stereocenters. The predicted molar refractivity (Wildman–Crippen MR) is 61.3 cm³/mol. The minimum Gasteiger partial charge on any atom is -0.394 e. The Morgan fingerprint density at radius 3 is 2.50 bits per heavy atom. The first-order valence-electron chi connectivity index (χ1n) is 5.26. The van der Waals surface area contributed by atoms with Crippen LogP contribution >= 0.6 is 0 Å². The fourth-order valence-corrected chi connectivity index (χ4v) is 1.64. The SMILES string of the molecule is Nc1ncn([C@@H]2O[C@H](CO)[C@@H](O)[C@H]2O)c(=O)n1.O=NO. The molecule has 0 amide bonds. The molecule has 2 heterocycles. The van der Waals surface area contributed by atoms with Crippen molar-refractivity contribution in [2.24, 2.45) is 5.34 Å². The molecule has 1 aromatic heterocycles. The number of aliphatic hydroxyl groups excluding tert-OH is 3. The van der Waals surface area contributed by atoms with Gasteiger partial charge in [-0.25, -0.2) is 9.78 Å². The number of hydrogen-bond donors (Lipinski definition) is 5. The first-order valence-corrected chi connectivity index (χ1v) is 5.26. The lowest BCUT2D eigenvalue weighted by atomic mass is 10.1. The van der Waals surface area contributed by atoms with E-state index in [1.807, 2.05) is 0 Å². The number of ether oxygens (including phenoxy) is 1. The van der Waals surface area contributed by atoms with Gasteiger partial charge in [-0.15, -0.1) is 4.91 Å². The second-order valence-corrected chi connectivity index (χ2v) is 3.71. The van der Waals surface area contributed by atoms with E-state index in [-0.39, 0.29) is 5.95 Å². The molecule has 0 saturated carbocycles. The van der Waals surface area contributed by atoms with Crippen LogP contribution in [0.3, 0.4) is 0 Å². The fourth-order valence-electron chi connectivity index (χ4n) is 1.64. The minimum absolute atomic E-state index is 0.196. The van der Waals surface area contributed by atoms with Crippen LogP contribution in [0.2, 0.25) is 0 Å². The van der Waals surface area contributed by atoms with Gasteiger partial charge >= 0.3 is 5.69 Å². The quantitative estimate of drug-likeness (QED) is 0.276.